The molecule has 3 aromatic rings. The maximum Gasteiger partial charge on any atom is 0.167 e. The second-order valence-corrected chi connectivity index (χ2v) is 6.81. The fraction of sp³-hybridized carbons (Fsp3) is 0.130. The second-order valence-electron chi connectivity index (χ2n) is 5.90. The highest BCUT2D eigenvalue weighted by molar-refractivity contribution is 9.10. The van der Waals surface area contributed by atoms with Crippen LogP contribution < -0.4 is 10.2 Å². The molecule has 0 heterocycles. The molecule has 152 valence electrons. The van der Waals surface area contributed by atoms with Gasteiger partial charge in [-0.05, 0) is 42.8 Å². The van der Waals surface area contributed by atoms with Gasteiger partial charge in [0.15, 0.2) is 5.78 Å². The molecule has 5 nitrogen and oxygen atoms in total. The summed E-state index contributed by atoms with van der Waals surface area (Å²) in [7, 11) is 1.67. The average Bonchev–Trinajstić information content (AvgIpc) is 2.77. The molecule has 0 aromatic heterocycles. The summed E-state index contributed by atoms with van der Waals surface area (Å²) in [6.07, 6.45) is 0.242. The first-order valence-electron chi connectivity index (χ1n) is 8.69. The van der Waals surface area contributed by atoms with Crippen LogP contribution in [0.4, 0.5) is 5.69 Å². The second kappa shape index (κ2) is 13.3. The summed E-state index contributed by atoms with van der Waals surface area (Å²) in [6, 6.07) is 22.4. The Morgan fingerprint density at radius 1 is 1.03 bits per heavy atom. The first kappa shape index (κ1) is 24.1. The van der Waals surface area contributed by atoms with Gasteiger partial charge in [0.25, 0.3) is 0 Å². The molecule has 0 amide bonds. The van der Waals surface area contributed by atoms with Crippen molar-refractivity contribution >= 4 is 34.2 Å². The third-order valence-electron chi connectivity index (χ3n) is 3.89. The molecular weight excluding hydrogens is 434 g/mol. The van der Waals surface area contributed by atoms with Crippen LogP contribution in [0.25, 0.3) is 0 Å². The van der Waals surface area contributed by atoms with Gasteiger partial charge in [-0.3, -0.25) is 15.5 Å². The molecule has 0 aliphatic rings. The lowest BCUT2D eigenvalue weighted by atomic mass is 10.0. The molecule has 0 atom stereocenters. The molecule has 0 radical (unpaired) electrons. The van der Waals surface area contributed by atoms with Gasteiger partial charge in [-0.2, -0.15) is 0 Å². The minimum Gasteiger partial charge on any atom is -0.497 e. The van der Waals surface area contributed by atoms with E-state index in [9.17, 15) is 4.79 Å². The standard InChI is InChI=1S/C14H12BrNO2.C8H10O.CH2O/c15-12-6-7-13(16-18)11(8-12)9-14(17)10-4-2-1-3-5-10;1-7-3-5-8(9-2)6-4-7;1-2/h1-8,16,18H,9H2;3-6H,1-2H3;1H2. The van der Waals surface area contributed by atoms with Gasteiger partial charge in [0.2, 0.25) is 0 Å². The summed E-state index contributed by atoms with van der Waals surface area (Å²) in [5.74, 6) is 0.936. The molecule has 3 aromatic carbocycles. The molecule has 0 unspecified atom stereocenters. The zero-order chi connectivity index (χ0) is 21.6. The van der Waals surface area contributed by atoms with Crippen LogP contribution in [0.15, 0.2) is 77.3 Å². The molecule has 0 aliphatic carbocycles. The summed E-state index contributed by atoms with van der Waals surface area (Å²) in [6.45, 7) is 4.06. The zero-order valence-corrected chi connectivity index (χ0v) is 18.0. The fourth-order valence-electron chi connectivity index (χ4n) is 2.39. The van der Waals surface area contributed by atoms with Crippen LogP contribution in [0.1, 0.15) is 21.5 Å². The van der Waals surface area contributed by atoms with Crippen molar-refractivity contribution in [1.29, 1.82) is 0 Å². The van der Waals surface area contributed by atoms with Gasteiger partial charge in [-0.25, -0.2) is 0 Å². The number of rotatable bonds is 5. The van der Waals surface area contributed by atoms with Crippen LogP contribution >= 0.6 is 15.9 Å². The predicted octanol–water partition coefficient (Wildman–Crippen LogP) is 5.49. The van der Waals surface area contributed by atoms with Crippen molar-refractivity contribution in [3.05, 3.63) is 94.0 Å². The van der Waals surface area contributed by atoms with Crippen LogP contribution in [-0.4, -0.2) is 24.9 Å². The molecule has 2 N–H and O–H groups in total. The van der Waals surface area contributed by atoms with Gasteiger partial charge >= 0.3 is 0 Å². The monoisotopic (exact) mass is 457 g/mol. The lowest BCUT2D eigenvalue weighted by Crippen LogP contribution is -2.06. The lowest BCUT2D eigenvalue weighted by Gasteiger charge is -2.08. The van der Waals surface area contributed by atoms with Gasteiger partial charge < -0.3 is 9.53 Å². The Hall–Kier alpha value is -2.96. The van der Waals surface area contributed by atoms with Gasteiger partial charge in [0.1, 0.15) is 12.5 Å². The molecule has 0 saturated heterocycles. The van der Waals surface area contributed by atoms with E-state index >= 15 is 0 Å². The third-order valence-corrected chi connectivity index (χ3v) is 4.38. The number of hydrogen-bond donors (Lipinski definition) is 2. The Balaban J connectivity index is 0.000000321. The molecule has 29 heavy (non-hydrogen) atoms. The summed E-state index contributed by atoms with van der Waals surface area (Å²) < 4.78 is 5.84. The molecule has 0 fully saturated rings. The largest absolute Gasteiger partial charge is 0.497 e. The topological polar surface area (TPSA) is 75.6 Å². The highest BCUT2D eigenvalue weighted by Gasteiger charge is 2.10. The van der Waals surface area contributed by atoms with Crippen LogP contribution in [0, 0.1) is 6.92 Å². The minimum atomic E-state index is 0.0187. The van der Waals surface area contributed by atoms with Crippen LogP contribution in [0.2, 0.25) is 0 Å². The third kappa shape index (κ3) is 8.29. The number of aryl methyl sites for hydroxylation is 1. The summed E-state index contributed by atoms with van der Waals surface area (Å²) in [4.78, 5) is 20.1. The number of methoxy groups -OCH3 is 1. The van der Waals surface area contributed by atoms with E-state index in [0.717, 1.165) is 15.8 Å². The molecule has 0 aliphatic heterocycles. The Morgan fingerprint density at radius 2 is 1.66 bits per heavy atom. The van der Waals surface area contributed by atoms with Gasteiger partial charge in [-0.15, -0.1) is 0 Å². The first-order valence-corrected chi connectivity index (χ1v) is 9.49. The smallest absolute Gasteiger partial charge is 0.167 e. The van der Waals surface area contributed by atoms with Gasteiger partial charge in [0.05, 0.1) is 12.8 Å². The molecule has 0 saturated carbocycles. The number of halogens is 1. The lowest BCUT2D eigenvalue weighted by molar-refractivity contribution is -0.0980. The number of nitrogens with one attached hydrogen (secondary N) is 1. The Bertz CT molecular complexity index is 883. The van der Waals surface area contributed by atoms with Crippen LogP contribution in [-0.2, 0) is 11.2 Å². The number of benzene rings is 3. The zero-order valence-electron chi connectivity index (χ0n) is 16.4. The summed E-state index contributed by atoms with van der Waals surface area (Å²) in [5, 5.41) is 9.02. The van der Waals surface area contributed by atoms with E-state index in [1.54, 1.807) is 31.4 Å². The SMILES string of the molecule is C=O.COc1ccc(C)cc1.O=C(Cc1cc(Br)ccc1NO)c1ccccc1. The maximum atomic E-state index is 12.1. The highest BCUT2D eigenvalue weighted by atomic mass is 79.9. The van der Waals surface area contributed by atoms with Crippen molar-refractivity contribution in [1.82, 2.24) is 0 Å². The Labute approximate surface area is 179 Å². The number of ether oxygens (including phenoxy) is 1. The quantitative estimate of drug-likeness (QED) is 0.391. The fourth-order valence-corrected chi connectivity index (χ4v) is 2.80. The normalized spacial score (nSPS) is 9.24. The van der Waals surface area contributed by atoms with E-state index in [4.69, 9.17) is 14.7 Å². The number of ketones is 1. The van der Waals surface area contributed by atoms with Crippen molar-refractivity contribution in [3.8, 4) is 5.75 Å². The van der Waals surface area contributed by atoms with Crippen molar-refractivity contribution in [3.63, 3.8) is 0 Å². The van der Waals surface area contributed by atoms with E-state index in [0.29, 0.717) is 11.3 Å². The van der Waals surface area contributed by atoms with E-state index in [-0.39, 0.29) is 12.2 Å². The number of anilines is 1. The van der Waals surface area contributed by atoms with Gasteiger partial charge in [0, 0.05) is 16.5 Å². The first-order chi connectivity index (χ1) is 14.0. The Kier molecular flexibility index (Phi) is 11.0. The van der Waals surface area contributed by atoms with E-state index in [1.807, 2.05) is 55.3 Å². The maximum absolute atomic E-state index is 12.1. The summed E-state index contributed by atoms with van der Waals surface area (Å²) in [5.41, 5.74) is 5.33. The van der Waals surface area contributed by atoms with Crippen molar-refractivity contribution < 1.29 is 19.5 Å². The average molecular weight is 458 g/mol. The molecule has 0 spiro atoms. The number of hydrogen-bond acceptors (Lipinski definition) is 5. The van der Waals surface area contributed by atoms with Crippen molar-refractivity contribution in [2.45, 2.75) is 13.3 Å². The molecule has 6 heteroatoms. The number of carbonyl (C=O) groups excluding carboxylic acids is 2. The van der Waals surface area contributed by atoms with Crippen molar-refractivity contribution in [2.75, 3.05) is 12.6 Å². The van der Waals surface area contributed by atoms with Crippen LogP contribution in [0.5, 0.6) is 5.75 Å². The molecule has 3 rings (SSSR count). The van der Waals surface area contributed by atoms with E-state index in [1.165, 1.54) is 5.56 Å². The number of carbonyl (C=O) groups is 2. The van der Waals surface area contributed by atoms with E-state index in [2.05, 4.69) is 28.3 Å². The highest BCUT2D eigenvalue weighted by Crippen LogP contribution is 2.22. The number of Topliss-reactive ketones (excluding diaryl/α,β-unsaturated/α-hetero) is 1. The predicted molar refractivity (Wildman–Crippen MR) is 119 cm³/mol. The van der Waals surface area contributed by atoms with Gasteiger partial charge in [-0.1, -0.05) is 64.0 Å². The molecule has 0 bridgehead atoms. The van der Waals surface area contributed by atoms with Crippen LogP contribution in [0.3, 0.4) is 0 Å². The molecular formula is C23H24BrNO4. The van der Waals surface area contributed by atoms with E-state index < -0.39 is 0 Å². The minimum absolute atomic E-state index is 0.0187. The Morgan fingerprint density at radius 3 is 2.21 bits per heavy atom. The van der Waals surface area contributed by atoms with Crippen molar-refractivity contribution in [2.24, 2.45) is 0 Å². The summed E-state index contributed by atoms with van der Waals surface area (Å²) >= 11 is 3.35.